The summed E-state index contributed by atoms with van der Waals surface area (Å²) >= 11 is 0. The summed E-state index contributed by atoms with van der Waals surface area (Å²) in [6.07, 6.45) is 3.36. The molecular weight excluding hydrogens is 255 g/mol. The van der Waals surface area contributed by atoms with Gasteiger partial charge in [0.2, 0.25) is 5.88 Å². The lowest BCUT2D eigenvalue weighted by Crippen LogP contribution is -2.01. The van der Waals surface area contributed by atoms with E-state index >= 15 is 0 Å². The van der Waals surface area contributed by atoms with Gasteiger partial charge in [0.15, 0.2) is 0 Å². The molecule has 0 saturated carbocycles. The lowest BCUT2D eigenvalue weighted by molar-refractivity contribution is 0.292. The maximum atomic E-state index is 13.6. The average Bonchev–Trinajstić information content (AvgIpc) is 2.46. The van der Waals surface area contributed by atoms with E-state index in [0.717, 1.165) is 16.5 Å². The highest BCUT2D eigenvalue weighted by Crippen LogP contribution is 2.21. The average molecular weight is 268 g/mol. The van der Waals surface area contributed by atoms with Gasteiger partial charge in [-0.2, -0.15) is 0 Å². The third-order valence-electron chi connectivity index (χ3n) is 3.07. The summed E-state index contributed by atoms with van der Waals surface area (Å²) < 4.78 is 19.3. The summed E-state index contributed by atoms with van der Waals surface area (Å²) in [6, 6.07) is 10.3. The van der Waals surface area contributed by atoms with E-state index in [4.69, 9.17) is 4.74 Å². The molecule has 0 aliphatic heterocycles. The topological polar surface area (TPSA) is 35.0 Å². The number of hydrogen-bond acceptors (Lipinski definition) is 3. The first-order valence-electron chi connectivity index (χ1n) is 6.31. The van der Waals surface area contributed by atoms with Crippen LogP contribution in [0, 0.1) is 12.7 Å². The Morgan fingerprint density at radius 2 is 1.90 bits per heavy atom. The predicted molar refractivity (Wildman–Crippen MR) is 75.0 cm³/mol. The van der Waals surface area contributed by atoms with Crippen LogP contribution < -0.4 is 4.74 Å². The SMILES string of the molecule is Cc1cccnc1OCc1cc(F)cc2cccnc12. The summed E-state index contributed by atoms with van der Waals surface area (Å²) in [4.78, 5) is 8.45. The maximum Gasteiger partial charge on any atom is 0.216 e. The monoisotopic (exact) mass is 268 g/mol. The van der Waals surface area contributed by atoms with Crippen molar-refractivity contribution in [1.29, 1.82) is 0 Å². The van der Waals surface area contributed by atoms with Crippen LogP contribution in [0.5, 0.6) is 5.88 Å². The Kier molecular flexibility index (Phi) is 3.29. The first-order valence-corrected chi connectivity index (χ1v) is 6.31. The molecule has 3 aromatic rings. The van der Waals surface area contributed by atoms with E-state index in [9.17, 15) is 4.39 Å². The van der Waals surface area contributed by atoms with Crippen LogP contribution in [0.4, 0.5) is 4.39 Å². The number of benzene rings is 1. The van der Waals surface area contributed by atoms with Crippen molar-refractivity contribution in [2.24, 2.45) is 0 Å². The number of halogens is 1. The molecule has 0 aliphatic carbocycles. The largest absolute Gasteiger partial charge is 0.473 e. The van der Waals surface area contributed by atoms with Crippen LogP contribution in [0.2, 0.25) is 0 Å². The molecule has 0 bridgehead atoms. The van der Waals surface area contributed by atoms with Crippen molar-refractivity contribution in [3.05, 3.63) is 65.7 Å². The van der Waals surface area contributed by atoms with Crippen molar-refractivity contribution < 1.29 is 9.13 Å². The molecule has 2 heterocycles. The van der Waals surface area contributed by atoms with E-state index in [1.807, 2.05) is 25.1 Å². The van der Waals surface area contributed by atoms with Crippen LogP contribution in [-0.2, 0) is 6.61 Å². The van der Waals surface area contributed by atoms with E-state index in [1.54, 1.807) is 18.5 Å². The highest BCUT2D eigenvalue weighted by atomic mass is 19.1. The van der Waals surface area contributed by atoms with Gasteiger partial charge in [0.05, 0.1) is 5.52 Å². The third kappa shape index (κ3) is 2.45. The molecular formula is C16H13FN2O. The van der Waals surface area contributed by atoms with Gasteiger partial charge in [-0.3, -0.25) is 4.98 Å². The van der Waals surface area contributed by atoms with Gasteiger partial charge in [-0.25, -0.2) is 9.37 Å². The Labute approximate surface area is 116 Å². The smallest absolute Gasteiger partial charge is 0.216 e. The van der Waals surface area contributed by atoms with E-state index < -0.39 is 0 Å². The van der Waals surface area contributed by atoms with Gasteiger partial charge in [-0.1, -0.05) is 12.1 Å². The number of nitrogens with zero attached hydrogens (tertiary/aromatic N) is 2. The van der Waals surface area contributed by atoms with Crippen LogP contribution in [0.1, 0.15) is 11.1 Å². The molecule has 2 aromatic heterocycles. The van der Waals surface area contributed by atoms with Gasteiger partial charge in [-0.05, 0) is 31.2 Å². The van der Waals surface area contributed by atoms with Gasteiger partial charge in [0, 0.05) is 28.9 Å². The number of pyridine rings is 2. The van der Waals surface area contributed by atoms with Gasteiger partial charge >= 0.3 is 0 Å². The molecule has 0 atom stereocenters. The molecule has 0 fully saturated rings. The molecule has 0 amide bonds. The van der Waals surface area contributed by atoms with Crippen LogP contribution >= 0.6 is 0 Å². The number of ether oxygens (including phenoxy) is 1. The fourth-order valence-electron chi connectivity index (χ4n) is 2.11. The Bertz CT molecular complexity index is 758. The second-order valence-corrected chi connectivity index (χ2v) is 4.55. The Balaban J connectivity index is 1.93. The second-order valence-electron chi connectivity index (χ2n) is 4.55. The summed E-state index contributed by atoms with van der Waals surface area (Å²) in [5.74, 6) is 0.266. The lowest BCUT2D eigenvalue weighted by Gasteiger charge is -2.09. The number of fused-ring (bicyclic) bond motifs is 1. The second kappa shape index (κ2) is 5.25. The molecule has 0 saturated heterocycles. The summed E-state index contributed by atoms with van der Waals surface area (Å²) in [7, 11) is 0. The zero-order valence-corrected chi connectivity index (χ0v) is 11.0. The van der Waals surface area contributed by atoms with Crippen molar-refractivity contribution in [3.8, 4) is 5.88 Å². The zero-order chi connectivity index (χ0) is 13.9. The maximum absolute atomic E-state index is 13.6. The van der Waals surface area contributed by atoms with Gasteiger partial charge < -0.3 is 4.74 Å². The summed E-state index contributed by atoms with van der Waals surface area (Å²) in [5, 5.41) is 0.767. The van der Waals surface area contributed by atoms with E-state index in [2.05, 4.69) is 9.97 Å². The molecule has 3 rings (SSSR count). The van der Waals surface area contributed by atoms with Crippen LogP contribution in [0.3, 0.4) is 0 Å². The number of aromatic nitrogens is 2. The van der Waals surface area contributed by atoms with Crippen molar-refractivity contribution >= 4 is 10.9 Å². The molecule has 20 heavy (non-hydrogen) atoms. The van der Waals surface area contributed by atoms with Gasteiger partial charge in [0.1, 0.15) is 12.4 Å². The molecule has 1 aromatic carbocycles. The Morgan fingerprint density at radius 1 is 1.10 bits per heavy atom. The van der Waals surface area contributed by atoms with Crippen molar-refractivity contribution in [2.75, 3.05) is 0 Å². The highest BCUT2D eigenvalue weighted by Gasteiger charge is 2.07. The molecule has 3 nitrogen and oxygen atoms in total. The Hall–Kier alpha value is -2.49. The molecule has 100 valence electrons. The lowest BCUT2D eigenvalue weighted by atomic mass is 10.1. The van der Waals surface area contributed by atoms with Gasteiger partial charge in [0.25, 0.3) is 0 Å². The number of rotatable bonds is 3. The molecule has 0 aliphatic rings. The van der Waals surface area contributed by atoms with Gasteiger partial charge in [-0.15, -0.1) is 0 Å². The minimum Gasteiger partial charge on any atom is -0.473 e. The predicted octanol–water partition coefficient (Wildman–Crippen LogP) is 3.66. The molecule has 0 unspecified atom stereocenters. The zero-order valence-electron chi connectivity index (χ0n) is 11.0. The highest BCUT2D eigenvalue weighted by molar-refractivity contribution is 5.81. The van der Waals surface area contributed by atoms with E-state index in [1.165, 1.54) is 12.1 Å². The first-order chi connectivity index (χ1) is 9.74. The molecule has 0 spiro atoms. The Morgan fingerprint density at radius 3 is 2.75 bits per heavy atom. The number of hydrogen-bond donors (Lipinski definition) is 0. The fourth-order valence-corrected chi connectivity index (χ4v) is 2.11. The minimum absolute atomic E-state index is 0.239. The number of aryl methyl sites for hydroxylation is 1. The minimum atomic E-state index is -0.290. The molecule has 0 N–H and O–H groups in total. The molecule has 0 radical (unpaired) electrons. The van der Waals surface area contributed by atoms with E-state index in [-0.39, 0.29) is 12.4 Å². The van der Waals surface area contributed by atoms with Crippen LogP contribution in [0.25, 0.3) is 10.9 Å². The van der Waals surface area contributed by atoms with E-state index in [0.29, 0.717) is 11.4 Å². The fraction of sp³-hybridized carbons (Fsp3) is 0.125. The van der Waals surface area contributed by atoms with Crippen molar-refractivity contribution in [3.63, 3.8) is 0 Å². The van der Waals surface area contributed by atoms with Crippen molar-refractivity contribution in [2.45, 2.75) is 13.5 Å². The van der Waals surface area contributed by atoms with Crippen molar-refractivity contribution in [1.82, 2.24) is 9.97 Å². The normalized spacial score (nSPS) is 10.7. The quantitative estimate of drug-likeness (QED) is 0.727. The summed E-state index contributed by atoms with van der Waals surface area (Å²) in [6.45, 7) is 2.16. The van der Waals surface area contributed by atoms with Crippen LogP contribution in [0.15, 0.2) is 48.8 Å². The standard InChI is InChI=1S/C16H13FN2O/c1-11-4-2-7-19-16(11)20-10-13-9-14(17)8-12-5-3-6-18-15(12)13/h2-9H,10H2,1H3. The third-order valence-corrected chi connectivity index (χ3v) is 3.07. The first kappa shape index (κ1) is 12.5. The summed E-state index contributed by atoms with van der Waals surface area (Å²) in [5.41, 5.74) is 2.41. The molecule has 4 heteroatoms. The van der Waals surface area contributed by atoms with Crippen LogP contribution in [-0.4, -0.2) is 9.97 Å².